The molecule has 1 aliphatic rings. The van der Waals surface area contributed by atoms with Crippen molar-refractivity contribution < 1.29 is 4.74 Å². The van der Waals surface area contributed by atoms with Crippen LogP contribution in [-0.4, -0.2) is 24.5 Å². The molecule has 0 unspecified atom stereocenters. The van der Waals surface area contributed by atoms with E-state index in [4.69, 9.17) is 10.5 Å². The van der Waals surface area contributed by atoms with Crippen LogP contribution in [0.25, 0.3) is 5.70 Å². The van der Waals surface area contributed by atoms with Gasteiger partial charge in [0.05, 0.1) is 31.2 Å². The highest BCUT2D eigenvalue weighted by Gasteiger charge is 2.21. The topological polar surface area (TPSA) is 63.7 Å². The monoisotopic (exact) mass is 280 g/mol. The number of amidine groups is 1. The summed E-state index contributed by atoms with van der Waals surface area (Å²) in [6.45, 7) is 0.515. The molecule has 2 N–H and O–H groups in total. The van der Waals surface area contributed by atoms with Gasteiger partial charge in [-0.1, -0.05) is 12.1 Å². The average molecular weight is 280 g/mol. The molecule has 0 fully saturated rings. The maximum atomic E-state index is 5.90. The van der Waals surface area contributed by atoms with E-state index in [1.54, 1.807) is 19.5 Å². The van der Waals surface area contributed by atoms with Crippen LogP contribution in [0.15, 0.2) is 60.0 Å². The number of benzene rings is 1. The van der Waals surface area contributed by atoms with Crippen LogP contribution in [0, 0.1) is 0 Å². The molecule has 5 nitrogen and oxygen atoms in total. The van der Waals surface area contributed by atoms with Crippen molar-refractivity contribution in [1.82, 2.24) is 4.98 Å². The number of aromatic nitrogens is 1. The summed E-state index contributed by atoms with van der Waals surface area (Å²) < 4.78 is 5.45. The van der Waals surface area contributed by atoms with Crippen LogP contribution >= 0.6 is 0 Å². The number of aliphatic imine (C=N–C) groups is 1. The van der Waals surface area contributed by atoms with E-state index in [1.807, 2.05) is 42.6 Å². The van der Waals surface area contributed by atoms with Crippen molar-refractivity contribution in [3.63, 3.8) is 0 Å². The summed E-state index contributed by atoms with van der Waals surface area (Å²) in [4.78, 5) is 10.5. The maximum Gasteiger partial charge on any atom is 0.142 e. The van der Waals surface area contributed by atoms with Gasteiger partial charge in [0.15, 0.2) is 0 Å². The van der Waals surface area contributed by atoms with Crippen LogP contribution in [0.5, 0.6) is 5.75 Å². The lowest BCUT2D eigenvalue weighted by Crippen LogP contribution is -2.35. The normalized spacial score (nSPS) is 14.4. The van der Waals surface area contributed by atoms with Crippen LogP contribution in [-0.2, 0) is 0 Å². The molecular weight excluding hydrogens is 264 g/mol. The van der Waals surface area contributed by atoms with Gasteiger partial charge in [0, 0.05) is 18.0 Å². The Balaban J connectivity index is 2.08. The fourth-order valence-electron chi connectivity index (χ4n) is 2.31. The molecule has 3 rings (SSSR count). The van der Waals surface area contributed by atoms with Crippen molar-refractivity contribution in [2.45, 2.75) is 0 Å². The summed E-state index contributed by atoms with van der Waals surface area (Å²) in [5.74, 6) is 1.36. The molecule has 0 atom stereocenters. The zero-order valence-electron chi connectivity index (χ0n) is 11.7. The third-order valence-corrected chi connectivity index (χ3v) is 3.30. The van der Waals surface area contributed by atoms with Gasteiger partial charge < -0.3 is 15.4 Å². The summed E-state index contributed by atoms with van der Waals surface area (Å²) in [6.07, 6.45) is 5.32. The highest BCUT2D eigenvalue weighted by atomic mass is 16.5. The van der Waals surface area contributed by atoms with Crippen molar-refractivity contribution in [3.8, 4) is 5.75 Å². The molecular formula is C16H16N4O. The molecule has 0 radical (unpaired) electrons. The van der Waals surface area contributed by atoms with Gasteiger partial charge in [-0.2, -0.15) is 0 Å². The lowest BCUT2D eigenvalue weighted by molar-refractivity contribution is 0.415. The standard InChI is InChI=1S/C16H16N4O/c1-21-15-7-3-2-6-13(15)20-11-16(17)19-10-14(20)12-5-4-8-18-9-12/h2-10H,11H2,1H3,(H2,17,19). The van der Waals surface area contributed by atoms with E-state index >= 15 is 0 Å². The SMILES string of the molecule is COc1ccccc1N1CC(N)=NC=C1c1cccnc1. The van der Waals surface area contributed by atoms with E-state index in [0.717, 1.165) is 22.7 Å². The average Bonchev–Trinajstić information content (AvgIpc) is 2.55. The van der Waals surface area contributed by atoms with Crippen LogP contribution < -0.4 is 15.4 Å². The van der Waals surface area contributed by atoms with Crippen molar-refractivity contribution in [2.24, 2.45) is 10.7 Å². The first kappa shape index (κ1) is 13.2. The molecule has 21 heavy (non-hydrogen) atoms. The highest BCUT2D eigenvalue weighted by molar-refractivity contribution is 5.95. The Morgan fingerprint density at radius 2 is 2.05 bits per heavy atom. The van der Waals surface area contributed by atoms with Gasteiger partial charge in [0.2, 0.25) is 0 Å². The van der Waals surface area contributed by atoms with Crippen molar-refractivity contribution in [3.05, 3.63) is 60.6 Å². The van der Waals surface area contributed by atoms with E-state index in [0.29, 0.717) is 12.4 Å². The number of anilines is 1. The van der Waals surface area contributed by atoms with Crippen LogP contribution in [0.3, 0.4) is 0 Å². The second-order valence-corrected chi connectivity index (χ2v) is 4.63. The number of hydrogen-bond donors (Lipinski definition) is 1. The Labute approximate surface area is 123 Å². The van der Waals surface area contributed by atoms with Crippen molar-refractivity contribution >= 4 is 17.2 Å². The molecule has 0 bridgehead atoms. The fraction of sp³-hybridized carbons (Fsp3) is 0.125. The number of ether oxygens (including phenoxy) is 1. The number of hydrogen-bond acceptors (Lipinski definition) is 5. The van der Waals surface area contributed by atoms with Crippen LogP contribution in [0.4, 0.5) is 5.69 Å². The van der Waals surface area contributed by atoms with Crippen LogP contribution in [0.1, 0.15) is 5.56 Å². The van der Waals surface area contributed by atoms with Gasteiger partial charge in [-0.15, -0.1) is 0 Å². The summed E-state index contributed by atoms with van der Waals surface area (Å²) in [5.41, 5.74) is 8.79. The second-order valence-electron chi connectivity index (χ2n) is 4.63. The number of methoxy groups -OCH3 is 1. The van der Waals surface area contributed by atoms with Gasteiger partial charge in [-0.25, -0.2) is 4.99 Å². The Kier molecular flexibility index (Phi) is 3.55. The van der Waals surface area contributed by atoms with Gasteiger partial charge in [-0.05, 0) is 24.3 Å². The number of rotatable bonds is 3. The molecule has 5 heteroatoms. The summed E-state index contributed by atoms with van der Waals surface area (Å²) >= 11 is 0. The molecule has 1 aliphatic heterocycles. The molecule has 0 amide bonds. The molecule has 106 valence electrons. The minimum absolute atomic E-state index is 0.515. The summed E-state index contributed by atoms with van der Waals surface area (Å²) in [5, 5.41) is 0. The fourth-order valence-corrected chi connectivity index (χ4v) is 2.31. The van der Waals surface area contributed by atoms with E-state index in [9.17, 15) is 0 Å². The second kappa shape index (κ2) is 5.66. The smallest absolute Gasteiger partial charge is 0.142 e. The third kappa shape index (κ3) is 2.58. The molecule has 1 aromatic heterocycles. The quantitative estimate of drug-likeness (QED) is 0.936. The van der Waals surface area contributed by atoms with E-state index in [1.165, 1.54) is 0 Å². The van der Waals surface area contributed by atoms with Gasteiger partial charge in [0.25, 0.3) is 0 Å². The predicted molar refractivity (Wildman–Crippen MR) is 84.2 cm³/mol. The molecule has 0 aliphatic carbocycles. The lowest BCUT2D eigenvalue weighted by Gasteiger charge is -2.30. The summed E-state index contributed by atoms with van der Waals surface area (Å²) in [6, 6.07) is 11.7. The first-order valence-electron chi connectivity index (χ1n) is 6.63. The Morgan fingerprint density at radius 3 is 2.81 bits per heavy atom. The number of nitrogens with two attached hydrogens (primary N) is 1. The van der Waals surface area contributed by atoms with Crippen molar-refractivity contribution in [1.29, 1.82) is 0 Å². The third-order valence-electron chi connectivity index (χ3n) is 3.30. The zero-order valence-corrected chi connectivity index (χ0v) is 11.7. The molecule has 0 saturated heterocycles. The minimum atomic E-state index is 0.515. The largest absolute Gasteiger partial charge is 0.495 e. The van der Waals surface area contributed by atoms with Gasteiger partial charge in [-0.3, -0.25) is 4.98 Å². The summed E-state index contributed by atoms with van der Waals surface area (Å²) in [7, 11) is 1.66. The van der Waals surface area contributed by atoms with E-state index in [-0.39, 0.29) is 0 Å². The minimum Gasteiger partial charge on any atom is -0.495 e. The molecule has 2 aromatic rings. The first-order valence-corrected chi connectivity index (χ1v) is 6.63. The maximum absolute atomic E-state index is 5.90. The van der Waals surface area contributed by atoms with Gasteiger partial charge in [0.1, 0.15) is 11.6 Å². The van der Waals surface area contributed by atoms with Gasteiger partial charge >= 0.3 is 0 Å². The number of para-hydroxylation sites is 2. The number of pyridine rings is 1. The van der Waals surface area contributed by atoms with Crippen LogP contribution in [0.2, 0.25) is 0 Å². The predicted octanol–water partition coefficient (Wildman–Crippen LogP) is 2.27. The molecule has 0 spiro atoms. The molecule has 2 heterocycles. The van der Waals surface area contributed by atoms with Crippen molar-refractivity contribution in [2.75, 3.05) is 18.6 Å². The molecule has 1 aromatic carbocycles. The van der Waals surface area contributed by atoms with E-state index in [2.05, 4.69) is 14.9 Å². The molecule has 0 saturated carbocycles. The number of nitrogens with zero attached hydrogens (tertiary/aromatic N) is 3. The lowest BCUT2D eigenvalue weighted by atomic mass is 10.1. The zero-order chi connectivity index (χ0) is 14.7. The highest BCUT2D eigenvalue weighted by Crippen LogP contribution is 2.34. The first-order chi connectivity index (χ1) is 10.3. The Morgan fingerprint density at radius 1 is 1.19 bits per heavy atom. The Hall–Kier alpha value is -2.82. The van der Waals surface area contributed by atoms with E-state index < -0.39 is 0 Å². The Bertz CT molecular complexity index is 694.